The van der Waals surface area contributed by atoms with Crippen molar-refractivity contribution in [1.29, 1.82) is 0 Å². The van der Waals surface area contributed by atoms with Gasteiger partial charge in [-0.3, -0.25) is 52.8 Å². The van der Waals surface area contributed by atoms with Gasteiger partial charge in [0.1, 0.15) is 5.41 Å². The number of hydrogen-bond donors (Lipinski definition) is 12. The van der Waals surface area contributed by atoms with Crippen molar-refractivity contribution >= 4 is 64.9 Å². The van der Waals surface area contributed by atoms with Crippen molar-refractivity contribution in [2.45, 2.75) is 106 Å². The Labute approximate surface area is 306 Å². The molecule has 0 aliphatic rings. The van der Waals surface area contributed by atoms with E-state index in [0.29, 0.717) is 0 Å². The van der Waals surface area contributed by atoms with Crippen LogP contribution in [0.1, 0.15) is 70.6 Å². The molecule has 7 unspecified atom stereocenters. The number of nitrogens with zero attached hydrogens (tertiary/aromatic N) is 1. The van der Waals surface area contributed by atoms with Gasteiger partial charge in [0.25, 0.3) is 0 Å². The van der Waals surface area contributed by atoms with Crippen LogP contribution >= 0.6 is 0 Å². The van der Waals surface area contributed by atoms with E-state index in [9.17, 15) is 78.3 Å². The molecule has 19 N–H and O–H groups in total. The predicted molar refractivity (Wildman–Crippen MR) is 179 cm³/mol. The van der Waals surface area contributed by atoms with Crippen LogP contribution in [0.2, 0.25) is 0 Å². The Morgan fingerprint density at radius 2 is 0.944 bits per heavy atom. The van der Waals surface area contributed by atoms with Crippen molar-refractivity contribution in [3.63, 3.8) is 0 Å². The highest BCUT2D eigenvalue weighted by atomic mass is 16.4. The number of carbonyl (C=O) groups excluding carboxylic acids is 6. The highest BCUT2D eigenvalue weighted by molar-refractivity contribution is 6.29. The molecule has 7 atom stereocenters. The van der Waals surface area contributed by atoms with E-state index in [-0.39, 0.29) is 19.4 Å². The van der Waals surface area contributed by atoms with Gasteiger partial charge in [-0.05, 0) is 38.6 Å². The second-order valence-corrected chi connectivity index (χ2v) is 12.4. The van der Waals surface area contributed by atoms with E-state index >= 15 is 0 Å². The van der Waals surface area contributed by atoms with E-state index in [4.69, 9.17) is 40.1 Å². The highest BCUT2D eigenvalue weighted by Crippen LogP contribution is 2.47. The zero-order chi connectivity index (χ0) is 42.3. The van der Waals surface area contributed by atoms with Crippen LogP contribution in [0, 0.1) is 5.41 Å². The molecule has 0 fully saturated rings. The van der Waals surface area contributed by atoms with Gasteiger partial charge in [0.2, 0.25) is 23.3 Å². The van der Waals surface area contributed by atoms with E-state index < -0.39 is 169 Å². The molecule has 54 heavy (non-hydrogen) atoms. The Bertz CT molecular complexity index is 1490. The largest absolute Gasteiger partial charge is 0.481 e. The molecular formula is C30H48N8O16. The molecule has 0 saturated heterocycles. The van der Waals surface area contributed by atoms with Gasteiger partial charge in [0.15, 0.2) is 17.3 Å². The first kappa shape index (κ1) is 48.7. The first-order chi connectivity index (χ1) is 24.9. The van der Waals surface area contributed by atoms with E-state index in [1.54, 1.807) is 0 Å². The van der Waals surface area contributed by atoms with Crippen LogP contribution in [0.15, 0.2) is 0 Å². The zero-order valence-corrected chi connectivity index (χ0v) is 29.1. The number of aliphatic carboxylic acids is 5. The molecule has 304 valence electrons. The molecule has 0 aromatic heterocycles. The normalized spacial score (nSPS) is 16.2. The van der Waals surface area contributed by atoms with Gasteiger partial charge in [-0.15, -0.1) is 0 Å². The number of nitrogens with two attached hydrogens (primary N) is 7. The number of carbonyl (C=O) groups is 11. The lowest BCUT2D eigenvalue weighted by Gasteiger charge is -2.51. The lowest BCUT2D eigenvalue weighted by Crippen LogP contribution is -2.82. The molecule has 0 aliphatic carbocycles. The van der Waals surface area contributed by atoms with Crippen LogP contribution < -0.4 is 40.1 Å². The van der Waals surface area contributed by atoms with Crippen LogP contribution in [0.5, 0.6) is 0 Å². The van der Waals surface area contributed by atoms with Crippen molar-refractivity contribution in [2.75, 3.05) is 6.54 Å². The Kier molecular flexibility index (Phi) is 19.3. The molecule has 24 nitrogen and oxygen atoms in total. The summed E-state index contributed by atoms with van der Waals surface area (Å²) in [6.07, 6.45) is -9.76. The van der Waals surface area contributed by atoms with Gasteiger partial charge in [-0.25, -0.2) is 4.79 Å². The fraction of sp³-hybridized carbons (Fsp3) is 0.633. The summed E-state index contributed by atoms with van der Waals surface area (Å²) in [7, 11) is 0. The van der Waals surface area contributed by atoms with E-state index in [1.165, 1.54) is 0 Å². The van der Waals surface area contributed by atoms with Gasteiger partial charge in [-0.1, -0.05) is 6.42 Å². The third-order valence-corrected chi connectivity index (χ3v) is 8.37. The summed E-state index contributed by atoms with van der Waals surface area (Å²) >= 11 is 0. The summed E-state index contributed by atoms with van der Waals surface area (Å²) in [6, 6.07) is -11.9. The SMILES string of the molecule is NCCCCC(N)C(=O)N(C(=O)C(N)CCC(=O)O)C(C(=O)O)(C(=O)C(N)CCC(N)=O)C(CC(=O)O)(C(=O)C(N)CCC(=O)O)C(=O)C(N)CC(=O)O. The van der Waals surface area contributed by atoms with Gasteiger partial charge >= 0.3 is 29.8 Å². The third-order valence-electron chi connectivity index (χ3n) is 8.37. The maximum atomic E-state index is 14.8. The Hall–Kier alpha value is -5.27. The molecule has 0 aliphatic heterocycles. The number of hydrogen-bond acceptors (Lipinski definition) is 17. The molecule has 0 aromatic rings. The predicted octanol–water partition coefficient (Wildman–Crippen LogP) is -5.43. The number of carboxylic acids is 5. The Morgan fingerprint density at radius 1 is 0.519 bits per heavy atom. The third kappa shape index (κ3) is 11.9. The van der Waals surface area contributed by atoms with Crippen molar-refractivity contribution in [1.82, 2.24) is 4.90 Å². The first-order valence-corrected chi connectivity index (χ1v) is 16.3. The summed E-state index contributed by atoms with van der Waals surface area (Å²) in [6.45, 7) is 0.0241. The van der Waals surface area contributed by atoms with Crippen LogP contribution in [0.4, 0.5) is 0 Å². The molecule has 0 rings (SSSR count). The van der Waals surface area contributed by atoms with Crippen molar-refractivity contribution in [3.05, 3.63) is 0 Å². The minimum atomic E-state index is -4.58. The quantitative estimate of drug-likeness (QED) is 0.0260. The minimum absolute atomic E-state index is 0.0235. The van der Waals surface area contributed by atoms with Crippen LogP contribution in [0.3, 0.4) is 0 Å². The number of ketones is 3. The van der Waals surface area contributed by atoms with Gasteiger partial charge in [0, 0.05) is 19.3 Å². The fourth-order valence-corrected chi connectivity index (χ4v) is 5.73. The summed E-state index contributed by atoms with van der Waals surface area (Å²) in [5.41, 5.74) is 31.5. The number of primary amides is 1. The monoisotopic (exact) mass is 776 g/mol. The van der Waals surface area contributed by atoms with Gasteiger partial charge < -0.3 is 65.7 Å². The minimum Gasteiger partial charge on any atom is -0.481 e. The second kappa shape index (κ2) is 21.4. The first-order valence-electron chi connectivity index (χ1n) is 16.3. The maximum absolute atomic E-state index is 14.8. The molecule has 24 heteroatoms. The topological polar surface area (TPSA) is 474 Å². The van der Waals surface area contributed by atoms with Crippen LogP contribution in [0.25, 0.3) is 0 Å². The Balaban J connectivity index is 9.16. The van der Waals surface area contributed by atoms with Crippen molar-refractivity contribution in [2.24, 2.45) is 45.6 Å². The average Bonchev–Trinajstić information content (AvgIpc) is 3.07. The van der Waals surface area contributed by atoms with E-state index in [0.717, 1.165) is 0 Å². The maximum Gasteiger partial charge on any atom is 0.339 e. The molecular weight excluding hydrogens is 728 g/mol. The summed E-state index contributed by atoms with van der Waals surface area (Å²) in [5.74, 6) is -21.9. The van der Waals surface area contributed by atoms with Crippen molar-refractivity contribution < 1.29 is 78.3 Å². The number of imide groups is 1. The molecule has 0 saturated carbocycles. The Morgan fingerprint density at radius 3 is 1.35 bits per heavy atom. The zero-order valence-electron chi connectivity index (χ0n) is 29.1. The summed E-state index contributed by atoms with van der Waals surface area (Å²) in [4.78, 5) is 145. The van der Waals surface area contributed by atoms with Crippen LogP contribution in [-0.2, 0) is 52.7 Å². The van der Waals surface area contributed by atoms with E-state index in [1.807, 2.05) is 0 Å². The number of carboxylic acid groups (broad SMARTS) is 5. The lowest BCUT2D eigenvalue weighted by atomic mass is 9.55. The smallest absolute Gasteiger partial charge is 0.339 e. The van der Waals surface area contributed by atoms with Crippen LogP contribution in [-0.4, -0.2) is 138 Å². The lowest BCUT2D eigenvalue weighted by molar-refractivity contribution is -0.189. The summed E-state index contributed by atoms with van der Waals surface area (Å²) in [5, 5.41) is 49.3. The average molecular weight is 777 g/mol. The molecule has 0 aromatic carbocycles. The van der Waals surface area contributed by atoms with Gasteiger partial charge in [0.05, 0.1) is 43.1 Å². The number of unbranched alkanes of at least 4 members (excludes halogenated alkanes) is 1. The second-order valence-electron chi connectivity index (χ2n) is 12.4. The van der Waals surface area contributed by atoms with E-state index in [2.05, 4.69) is 0 Å². The van der Waals surface area contributed by atoms with Crippen molar-refractivity contribution in [3.8, 4) is 0 Å². The fourth-order valence-electron chi connectivity index (χ4n) is 5.73. The molecule has 3 amide bonds. The summed E-state index contributed by atoms with van der Waals surface area (Å²) < 4.78 is 0. The molecule has 0 radical (unpaired) electrons. The molecule has 0 heterocycles. The molecule has 0 bridgehead atoms. The highest BCUT2D eigenvalue weighted by Gasteiger charge is 2.76. The number of Topliss-reactive ketones (excluding diaryl/α,β-unsaturated/α-hetero) is 3. The molecule has 0 spiro atoms. The van der Waals surface area contributed by atoms with Gasteiger partial charge in [-0.2, -0.15) is 0 Å². The number of amides is 3. The number of rotatable bonds is 28. The standard InChI is InChI=1S/C30H48N8O16/c31-10-2-1-3-15(34)26(51)38(27(52)16(35)6-9-20(42)43)30(28(53)54,25(50)14(33)4-7-18(37)39)29(12-22(46)47,24(49)17(36)11-21(44)45)23(48)13(32)5-8-19(40)41/h13-17H,1-12,31-36H2,(H2,37,39)(H,40,41)(H,42,43)(H,44,45)(H,46,47)(H,53,54).